The molecule has 10 nitrogen and oxygen atoms in total. The highest BCUT2D eigenvalue weighted by Crippen LogP contribution is 2.25. The normalized spacial score (nSPS) is 16.4. The zero-order valence-electron chi connectivity index (χ0n) is 13.4. The molecule has 12 heteroatoms. The molecule has 138 valence electrons. The van der Waals surface area contributed by atoms with Gasteiger partial charge < -0.3 is 10.6 Å². The van der Waals surface area contributed by atoms with E-state index in [0.29, 0.717) is 5.56 Å². The van der Waals surface area contributed by atoms with Gasteiger partial charge in [-0.2, -0.15) is 4.99 Å². The minimum absolute atomic E-state index is 0.0254. The maximum atomic E-state index is 12.2. The van der Waals surface area contributed by atoms with Crippen molar-refractivity contribution in [3.8, 4) is 0 Å². The minimum Gasteiger partial charge on any atom is -0.304 e. The van der Waals surface area contributed by atoms with E-state index in [-0.39, 0.29) is 21.1 Å². The van der Waals surface area contributed by atoms with Crippen molar-refractivity contribution in [3.63, 3.8) is 0 Å². The standard InChI is InChI=1S/C15H11N5O5S2/c21-9(17-14-16-6-10(27-14)20(24)25)7-26-15-18-12(22)11(13(23)19-15)8-4-2-1-3-5-8/h1-6,11H,7H2,(H,16,17,21)(H,18,19,22,23). The van der Waals surface area contributed by atoms with Crippen molar-refractivity contribution in [3.05, 3.63) is 52.2 Å². The molecule has 3 amide bonds. The fourth-order valence-corrected chi connectivity index (χ4v) is 3.50. The van der Waals surface area contributed by atoms with E-state index in [1.54, 1.807) is 30.3 Å². The van der Waals surface area contributed by atoms with E-state index >= 15 is 0 Å². The molecule has 0 radical (unpaired) electrons. The summed E-state index contributed by atoms with van der Waals surface area (Å²) in [4.78, 5) is 53.8. The molecule has 0 saturated carbocycles. The molecule has 2 N–H and O–H groups in total. The molecule has 0 fully saturated rings. The number of amidine groups is 1. The molecule has 0 unspecified atom stereocenters. The average molecular weight is 405 g/mol. The third-order valence-corrected chi connectivity index (χ3v) is 5.08. The van der Waals surface area contributed by atoms with Gasteiger partial charge in [-0.25, -0.2) is 4.98 Å². The van der Waals surface area contributed by atoms with Crippen molar-refractivity contribution in [1.29, 1.82) is 0 Å². The largest absolute Gasteiger partial charge is 0.345 e. The molecule has 1 aliphatic rings. The van der Waals surface area contributed by atoms with Crippen LogP contribution in [0.5, 0.6) is 0 Å². The number of carbonyl (C=O) groups excluding carboxylic acids is 3. The Balaban J connectivity index is 1.58. The molecule has 27 heavy (non-hydrogen) atoms. The highest BCUT2D eigenvalue weighted by atomic mass is 32.2. The summed E-state index contributed by atoms with van der Waals surface area (Å²) in [5.41, 5.74) is 0.538. The molecule has 3 rings (SSSR count). The third-order valence-electron chi connectivity index (χ3n) is 3.34. The molecule has 0 bridgehead atoms. The van der Waals surface area contributed by atoms with Crippen LogP contribution < -0.4 is 10.6 Å². The smallest absolute Gasteiger partial charge is 0.304 e. The molecule has 1 aliphatic heterocycles. The van der Waals surface area contributed by atoms with Crippen molar-refractivity contribution in [2.75, 3.05) is 11.1 Å². The predicted molar refractivity (Wildman–Crippen MR) is 99.6 cm³/mol. The lowest BCUT2D eigenvalue weighted by Crippen LogP contribution is -2.41. The van der Waals surface area contributed by atoms with Gasteiger partial charge in [0.1, 0.15) is 12.1 Å². The van der Waals surface area contributed by atoms with Gasteiger partial charge in [-0.05, 0) is 16.9 Å². The van der Waals surface area contributed by atoms with Crippen LogP contribution in [0.2, 0.25) is 0 Å². The van der Waals surface area contributed by atoms with Gasteiger partial charge in [0.15, 0.2) is 10.3 Å². The Morgan fingerprint density at radius 3 is 2.70 bits per heavy atom. The first kappa shape index (κ1) is 18.7. The number of carbonyl (C=O) groups is 3. The van der Waals surface area contributed by atoms with Crippen LogP contribution >= 0.6 is 23.1 Å². The van der Waals surface area contributed by atoms with E-state index in [2.05, 4.69) is 20.6 Å². The lowest BCUT2D eigenvalue weighted by molar-refractivity contribution is -0.380. The van der Waals surface area contributed by atoms with Crippen molar-refractivity contribution >= 4 is 56.1 Å². The van der Waals surface area contributed by atoms with Crippen LogP contribution in [0, 0.1) is 10.1 Å². The predicted octanol–water partition coefficient (Wildman–Crippen LogP) is 1.52. The summed E-state index contributed by atoms with van der Waals surface area (Å²) in [6, 6.07) is 8.54. The summed E-state index contributed by atoms with van der Waals surface area (Å²) >= 11 is 1.59. The van der Waals surface area contributed by atoms with Crippen LogP contribution in [0.4, 0.5) is 10.1 Å². The van der Waals surface area contributed by atoms with E-state index < -0.39 is 28.6 Å². The Labute approximate surface area is 160 Å². The topological polar surface area (TPSA) is 144 Å². The van der Waals surface area contributed by atoms with Gasteiger partial charge in [0.05, 0.1) is 10.7 Å². The number of nitro groups is 1. The van der Waals surface area contributed by atoms with Gasteiger partial charge in [-0.3, -0.25) is 24.5 Å². The van der Waals surface area contributed by atoms with Gasteiger partial charge >= 0.3 is 5.00 Å². The number of anilines is 1. The first-order chi connectivity index (χ1) is 12.9. The van der Waals surface area contributed by atoms with Crippen LogP contribution in [0.1, 0.15) is 11.5 Å². The summed E-state index contributed by atoms with van der Waals surface area (Å²) in [7, 11) is 0. The summed E-state index contributed by atoms with van der Waals surface area (Å²) < 4.78 is 0. The third kappa shape index (κ3) is 4.54. The number of rotatable bonds is 5. The zero-order chi connectivity index (χ0) is 19.4. The Bertz CT molecular complexity index is 943. The summed E-state index contributed by atoms with van der Waals surface area (Å²) in [5.74, 6) is -2.79. The highest BCUT2D eigenvalue weighted by molar-refractivity contribution is 8.14. The first-order valence-electron chi connectivity index (χ1n) is 7.45. The van der Waals surface area contributed by atoms with Crippen LogP contribution in [0.25, 0.3) is 0 Å². The van der Waals surface area contributed by atoms with Crippen LogP contribution in [-0.4, -0.2) is 38.5 Å². The second kappa shape index (κ2) is 8.05. The number of hydrogen-bond donors (Lipinski definition) is 2. The van der Waals surface area contributed by atoms with Crippen molar-refractivity contribution < 1.29 is 19.3 Å². The maximum Gasteiger partial charge on any atom is 0.345 e. The minimum atomic E-state index is -1.01. The summed E-state index contributed by atoms with van der Waals surface area (Å²) in [6.07, 6.45) is 1.04. The van der Waals surface area contributed by atoms with Gasteiger partial charge in [-0.1, -0.05) is 42.1 Å². The maximum absolute atomic E-state index is 12.2. The highest BCUT2D eigenvalue weighted by Gasteiger charge is 2.33. The number of nitrogens with zero attached hydrogens (tertiary/aromatic N) is 3. The zero-order valence-corrected chi connectivity index (χ0v) is 15.1. The van der Waals surface area contributed by atoms with E-state index in [9.17, 15) is 24.5 Å². The fraction of sp³-hybridized carbons (Fsp3) is 0.133. The van der Waals surface area contributed by atoms with Gasteiger partial charge in [0.25, 0.3) is 5.91 Å². The number of aromatic nitrogens is 1. The van der Waals surface area contributed by atoms with Crippen LogP contribution in [-0.2, 0) is 14.4 Å². The van der Waals surface area contributed by atoms with Gasteiger partial charge in [0, 0.05) is 0 Å². The average Bonchev–Trinajstić information content (AvgIpc) is 3.09. The number of nitrogens with one attached hydrogen (secondary N) is 2. The van der Waals surface area contributed by atoms with Crippen molar-refractivity contribution in [2.24, 2.45) is 4.99 Å². The Morgan fingerprint density at radius 1 is 1.33 bits per heavy atom. The Morgan fingerprint density at radius 2 is 2.07 bits per heavy atom. The lowest BCUT2D eigenvalue weighted by atomic mass is 9.97. The fourth-order valence-electron chi connectivity index (χ4n) is 2.19. The van der Waals surface area contributed by atoms with E-state index in [0.717, 1.165) is 29.3 Å². The number of hydrogen-bond acceptors (Lipinski definition) is 8. The SMILES string of the molecule is O=C(CSC1=NC(=O)[C@@H](c2ccccc2)C(=O)N1)Nc1ncc([N+](=O)[O-])s1. The molecule has 1 aromatic carbocycles. The second-order valence-corrected chi connectivity index (χ2v) is 7.16. The van der Waals surface area contributed by atoms with E-state index in [1.165, 1.54) is 0 Å². The number of thioether (sulfide) groups is 1. The second-order valence-electron chi connectivity index (χ2n) is 5.19. The lowest BCUT2D eigenvalue weighted by Gasteiger charge is -2.19. The molecule has 1 atom stereocenters. The molecule has 2 aromatic rings. The number of benzene rings is 1. The molecular formula is C15H11N5O5S2. The summed E-state index contributed by atoms with van der Waals surface area (Å²) in [6.45, 7) is 0. The molecular weight excluding hydrogens is 394 g/mol. The van der Waals surface area contributed by atoms with Crippen LogP contribution in [0.3, 0.4) is 0 Å². The molecule has 0 saturated heterocycles. The summed E-state index contributed by atoms with van der Waals surface area (Å²) in [5, 5.41) is 15.4. The van der Waals surface area contributed by atoms with Crippen molar-refractivity contribution in [2.45, 2.75) is 5.92 Å². The molecule has 0 spiro atoms. The Hall–Kier alpha value is -3.12. The monoisotopic (exact) mass is 405 g/mol. The molecule has 0 aliphatic carbocycles. The van der Waals surface area contributed by atoms with Crippen molar-refractivity contribution in [1.82, 2.24) is 10.3 Å². The van der Waals surface area contributed by atoms with E-state index in [4.69, 9.17) is 0 Å². The van der Waals surface area contributed by atoms with Gasteiger partial charge in [-0.15, -0.1) is 0 Å². The number of aliphatic imine (C=N–C) groups is 1. The molecule has 1 aromatic heterocycles. The van der Waals surface area contributed by atoms with E-state index in [1.807, 2.05) is 0 Å². The van der Waals surface area contributed by atoms with Crippen LogP contribution in [0.15, 0.2) is 41.5 Å². The number of thiazole rings is 1. The number of amides is 3. The van der Waals surface area contributed by atoms with Gasteiger partial charge in [0.2, 0.25) is 11.8 Å². The first-order valence-corrected chi connectivity index (χ1v) is 9.25. The Kier molecular flexibility index (Phi) is 5.57. The quantitative estimate of drug-likeness (QED) is 0.436. The molecule has 2 heterocycles.